The lowest BCUT2D eigenvalue weighted by molar-refractivity contribution is -0.274. The third kappa shape index (κ3) is 4.81. The van der Waals surface area contributed by atoms with Gasteiger partial charge in [-0.05, 0) is 32.9 Å². The number of rotatable bonds is 4. The fourth-order valence-electron chi connectivity index (χ4n) is 2.64. The van der Waals surface area contributed by atoms with E-state index < -0.39 is 18.1 Å². The standard InChI is InChI=1S/C18H17F3N6O2/c1-10-11(2)27(12(3)24-10)16-22-8-13(9-23-16)25-17(28)26-14-6-4-5-7-15(14)29-18(19,20)21/h4-9H,1-3H3,(H2,25,26,28). The van der Waals surface area contributed by atoms with Crippen molar-refractivity contribution in [1.82, 2.24) is 19.5 Å². The molecule has 0 aliphatic rings. The summed E-state index contributed by atoms with van der Waals surface area (Å²) in [6.45, 7) is 5.58. The minimum absolute atomic E-state index is 0.139. The molecule has 152 valence electrons. The summed E-state index contributed by atoms with van der Waals surface area (Å²) in [6.07, 6.45) is -2.11. The van der Waals surface area contributed by atoms with Gasteiger partial charge in [-0.15, -0.1) is 13.2 Å². The lowest BCUT2D eigenvalue weighted by Gasteiger charge is -2.14. The molecule has 3 rings (SSSR count). The fraction of sp³-hybridized carbons (Fsp3) is 0.222. The Hall–Kier alpha value is -3.63. The maximum Gasteiger partial charge on any atom is 0.573 e. The number of alkyl halides is 3. The molecule has 2 amide bonds. The van der Waals surface area contributed by atoms with Crippen LogP contribution in [-0.2, 0) is 0 Å². The predicted molar refractivity (Wildman–Crippen MR) is 99.1 cm³/mol. The number of aromatic nitrogens is 4. The van der Waals surface area contributed by atoms with Crippen LogP contribution in [-0.4, -0.2) is 31.9 Å². The number of urea groups is 1. The van der Waals surface area contributed by atoms with Gasteiger partial charge in [0.15, 0.2) is 5.75 Å². The number of ether oxygens (including phenoxy) is 1. The summed E-state index contributed by atoms with van der Waals surface area (Å²) in [7, 11) is 0. The van der Waals surface area contributed by atoms with Gasteiger partial charge >= 0.3 is 12.4 Å². The Kier molecular flexibility index (Phi) is 5.39. The van der Waals surface area contributed by atoms with Crippen LogP contribution in [0.3, 0.4) is 0 Å². The van der Waals surface area contributed by atoms with Crippen molar-refractivity contribution in [1.29, 1.82) is 0 Å². The molecule has 0 aliphatic carbocycles. The summed E-state index contributed by atoms with van der Waals surface area (Å²) in [5.74, 6) is 0.582. The van der Waals surface area contributed by atoms with Crippen LogP contribution in [0.4, 0.5) is 29.3 Å². The zero-order valence-corrected chi connectivity index (χ0v) is 15.7. The van der Waals surface area contributed by atoms with Crippen molar-refractivity contribution in [2.75, 3.05) is 10.6 Å². The van der Waals surface area contributed by atoms with Gasteiger partial charge in [-0.1, -0.05) is 12.1 Å². The first-order valence-corrected chi connectivity index (χ1v) is 8.42. The number of imidazole rings is 1. The molecule has 0 radical (unpaired) electrons. The van der Waals surface area contributed by atoms with Crippen LogP contribution in [0.25, 0.3) is 5.95 Å². The van der Waals surface area contributed by atoms with Gasteiger partial charge in [-0.25, -0.2) is 19.7 Å². The maximum atomic E-state index is 12.5. The second-order valence-corrected chi connectivity index (χ2v) is 6.06. The Morgan fingerprint density at radius 3 is 2.31 bits per heavy atom. The fourth-order valence-corrected chi connectivity index (χ4v) is 2.64. The first kappa shape index (κ1) is 20.1. The van der Waals surface area contributed by atoms with Crippen molar-refractivity contribution in [3.63, 3.8) is 0 Å². The van der Waals surface area contributed by atoms with Gasteiger partial charge < -0.3 is 15.4 Å². The normalized spacial score (nSPS) is 11.2. The Balaban J connectivity index is 1.71. The van der Waals surface area contributed by atoms with E-state index in [4.69, 9.17) is 0 Å². The Bertz CT molecular complexity index is 1030. The van der Waals surface area contributed by atoms with E-state index in [1.807, 2.05) is 20.8 Å². The summed E-state index contributed by atoms with van der Waals surface area (Å²) in [5, 5.41) is 4.76. The number of amides is 2. The van der Waals surface area contributed by atoms with Crippen LogP contribution in [0, 0.1) is 20.8 Å². The van der Waals surface area contributed by atoms with Crippen LogP contribution < -0.4 is 15.4 Å². The van der Waals surface area contributed by atoms with Crippen molar-refractivity contribution in [3.05, 3.63) is 53.9 Å². The van der Waals surface area contributed by atoms with E-state index in [-0.39, 0.29) is 11.4 Å². The van der Waals surface area contributed by atoms with Crippen molar-refractivity contribution >= 4 is 17.4 Å². The third-order valence-corrected chi connectivity index (χ3v) is 3.97. The first-order chi connectivity index (χ1) is 13.6. The molecule has 0 atom stereocenters. The van der Waals surface area contributed by atoms with E-state index in [0.717, 1.165) is 23.3 Å². The van der Waals surface area contributed by atoms with Crippen molar-refractivity contribution < 1.29 is 22.7 Å². The number of carbonyl (C=O) groups is 1. The second-order valence-electron chi connectivity index (χ2n) is 6.06. The first-order valence-electron chi connectivity index (χ1n) is 8.42. The molecule has 8 nitrogen and oxygen atoms in total. The summed E-state index contributed by atoms with van der Waals surface area (Å²) in [4.78, 5) is 24.9. The number of aryl methyl sites for hydroxylation is 2. The lowest BCUT2D eigenvalue weighted by atomic mass is 10.3. The zero-order chi connectivity index (χ0) is 21.2. The highest BCUT2D eigenvalue weighted by Crippen LogP contribution is 2.30. The zero-order valence-electron chi connectivity index (χ0n) is 15.7. The molecule has 2 aromatic heterocycles. The van der Waals surface area contributed by atoms with Gasteiger partial charge in [-0.3, -0.25) is 4.57 Å². The average Bonchev–Trinajstić information content (AvgIpc) is 2.88. The van der Waals surface area contributed by atoms with Gasteiger partial charge in [-0.2, -0.15) is 0 Å². The molecule has 2 N–H and O–H groups in total. The summed E-state index contributed by atoms with van der Waals surface area (Å²) in [6, 6.07) is 4.43. The monoisotopic (exact) mass is 406 g/mol. The molecule has 0 saturated heterocycles. The lowest BCUT2D eigenvalue weighted by Crippen LogP contribution is -2.22. The Morgan fingerprint density at radius 2 is 1.72 bits per heavy atom. The number of hydrogen-bond acceptors (Lipinski definition) is 5. The Labute approximate surface area is 163 Å². The number of carbonyl (C=O) groups excluding carboxylic acids is 1. The minimum Gasteiger partial charge on any atom is -0.404 e. The van der Waals surface area contributed by atoms with Crippen molar-refractivity contribution in [3.8, 4) is 11.7 Å². The van der Waals surface area contributed by atoms with Gasteiger partial charge in [0.2, 0.25) is 5.95 Å². The van der Waals surface area contributed by atoms with Crippen molar-refractivity contribution in [2.45, 2.75) is 27.1 Å². The van der Waals surface area contributed by atoms with E-state index >= 15 is 0 Å². The van der Waals surface area contributed by atoms with Gasteiger partial charge in [0.05, 0.1) is 29.5 Å². The van der Waals surface area contributed by atoms with Crippen LogP contribution in [0.15, 0.2) is 36.7 Å². The number of para-hydroxylation sites is 2. The molecule has 1 aromatic carbocycles. The molecule has 0 aliphatic heterocycles. The van der Waals surface area contributed by atoms with Crippen molar-refractivity contribution in [2.24, 2.45) is 0 Å². The van der Waals surface area contributed by atoms with E-state index in [0.29, 0.717) is 5.95 Å². The average molecular weight is 406 g/mol. The summed E-state index contributed by atoms with van der Waals surface area (Å²) < 4.78 is 43.1. The Morgan fingerprint density at radius 1 is 1.07 bits per heavy atom. The largest absolute Gasteiger partial charge is 0.573 e. The molecule has 0 spiro atoms. The molecule has 0 fully saturated rings. The van der Waals surface area contributed by atoms with E-state index in [1.54, 1.807) is 4.57 Å². The smallest absolute Gasteiger partial charge is 0.404 e. The summed E-state index contributed by atoms with van der Waals surface area (Å²) in [5.41, 5.74) is 1.86. The number of benzene rings is 1. The van der Waals surface area contributed by atoms with E-state index in [2.05, 4.69) is 30.3 Å². The minimum atomic E-state index is -4.88. The number of halogens is 3. The second kappa shape index (κ2) is 7.78. The third-order valence-electron chi connectivity index (χ3n) is 3.97. The molecule has 29 heavy (non-hydrogen) atoms. The van der Waals surface area contributed by atoms with E-state index in [9.17, 15) is 18.0 Å². The molecule has 3 aromatic rings. The molecule has 0 bridgehead atoms. The van der Waals surface area contributed by atoms with Crippen LogP contribution in [0.5, 0.6) is 5.75 Å². The molecular weight excluding hydrogens is 389 g/mol. The number of nitrogens with zero attached hydrogens (tertiary/aromatic N) is 4. The van der Waals surface area contributed by atoms with Crippen LogP contribution in [0.2, 0.25) is 0 Å². The topological polar surface area (TPSA) is 94.0 Å². The predicted octanol–water partition coefficient (Wildman–Crippen LogP) is 4.13. The van der Waals surface area contributed by atoms with Gasteiger partial charge in [0, 0.05) is 5.69 Å². The van der Waals surface area contributed by atoms with Gasteiger partial charge in [0.25, 0.3) is 0 Å². The number of anilines is 2. The highest BCUT2D eigenvalue weighted by molar-refractivity contribution is 6.00. The highest BCUT2D eigenvalue weighted by Gasteiger charge is 2.32. The van der Waals surface area contributed by atoms with Crippen LogP contribution >= 0.6 is 0 Å². The molecule has 0 saturated carbocycles. The molecule has 0 unspecified atom stereocenters. The quantitative estimate of drug-likeness (QED) is 0.680. The molecule has 2 heterocycles. The van der Waals surface area contributed by atoms with E-state index in [1.165, 1.54) is 30.6 Å². The summed E-state index contributed by atoms with van der Waals surface area (Å²) >= 11 is 0. The number of hydrogen-bond donors (Lipinski definition) is 2. The van der Waals surface area contributed by atoms with Crippen LogP contribution in [0.1, 0.15) is 17.2 Å². The molecular formula is C18H17F3N6O2. The van der Waals surface area contributed by atoms with Gasteiger partial charge in [0.1, 0.15) is 5.82 Å². The molecule has 11 heteroatoms. The highest BCUT2D eigenvalue weighted by atomic mass is 19.4. The maximum absolute atomic E-state index is 12.5. The number of nitrogens with one attached hydrogen (secondary N) is 2. The SMILES string of the molecule is Cc1nc(C)n(-c2ncc(NC(=O)Nc3ccccc3OC(F)(F)F)cn2)c1C.